The molecule has 27 heavy (non-hydrogen) atoms. The van der Waals surface area contributed by atoms with Gasteiger partial charge in [0, 0.05) is 37.8 Å². The van der Waals surface area contributed by atoms with Crippen molar-refractivity contribution in [3.05, 3.63) is 60.1 Å². The molecular formula is C19H17N3O4S. The second-order valence-electron chi connectivity index (χ2n) is 6.97. The van der Waals surface area contributed by atoms with Crippen LogP contribution in [0.2, 0.25) is 0 Å². The summed E-state index contributed by atoms with van der Waals surface area (Å²) in [5, 5.41) is 3.43. The predicted molar refractivity (Wildman–Crippen MR) is 97.0 cm³/mol. The molecule has 0 radical (unpaired) electrons. The van der Waals surface area contributed by atoms with Gasteiger partial charge in [0.2, 0.25) is 0 Å². The van der Waals surface area contributed by atoms with E-state index < -0.39 is 15.1 Å². The number of nitrogens with zero attached hydrogens (tertiary/aromatic N) is 3. The topological polar surface area (TPSA) is 85.4 Å². The van der Waals surface area contributed by atoms with Crippen molar-refractivity contribution >= 4 is 15.7 Å². The van der Waals surface area contributed by atoms with E-state index in [0.29, 0.717) is 22.9 Å². The van der Waals surface area contributed by atoms with Gasteiger partial charge in [-0.1, -0.05) is 0 Å². The molecule has 1 amide bonds. The van der Waals surface area contributed by atoms with Gasteiger partial charge in [-0.3, -0.25) is 9.48 Å². The fourth-order valence-electron chi connectivity index (χ4n) is 4.16. The molecule has 1 saturated heterocycles. The summed E-state index contributed by atoms with van der Waals surface area (Å²) in [5.74, 6) is 0.278. The average molecular weight is 383 g/mol. The third-order valence-corrected chi connectivity index (χ3v) is 7.77. The first kappa shape index (κ1) is 16.3. The van der Waals surface area contributed by atoms with Crippen LogP contribution in [0.25, 0.3) is 11.3 Å². The van der Waals surface area contributed by atoms with Gasteiger partial charge in [-0.25, -0.2) is 8.42 Å². The number of hydrogen-bond donors (Lipinski definition) is 0. The molecule has 0 unspecified atom stereocenters. The first-order chi connectivity index (χ1) is 13.0. The molecule has 0 bridgehead atoms. The Bertz CT molecular complexity index is 1150. The Morgan fingerprint density at radius 2 is 2.07 bits per heavy atom. The Morgan fingerprint density at radius 3 is 2.78 bits per heavy atom. The number of benzene rings is 1. The summed E-state index contributed by atoms with van der Waals surface area (Å²) in [6.45, 7) is 0.574. The van der Waals surface area contributed by atoms with E-state index in [2.05, 4.69) is 5.10 Å². The third-order valence-electron chi connectivity index (χ3n) is 5.51. The van der Waals surface area contributed by atoms with Crippen LogP contribution < -0.4 is 0 Å². The van der Waals surface area contributed by atoms with Crippen molar-refractivity contribution in [3.8, 4) is 11.3 Å². The van der Waals surface area contributed by atoms with Crippen molar-refractivity contribution in [1.82, 2.24) is 14.7 Å². The predicted octanol–water partition coefficient (Wildman–Crippen LogP) is 2.08. The van der Waals surface area contributed by atoms with Gasteiger partial charge in [-0.15, -0.1) is 0 Å². The van der Waals surface area contributed by atoms with Crippen molar-refractivity contribution in [2.24, 2.45) is 7.05 Å². The number of likely N-dealkylation sites (tertiary alicyclic amines) is 1. The van der Waals surface area contributed by atoms with E-state index in [9.17, 15) is 13.2 Å². The quantitative estimate of drug-likeness (QED) is 0.676. The van der Waals surface area contributed by atoms with E-state index in [4.69, 9.17) is 4.42 Å². The molecule has 0 spiro atoms. The Morgan fingerprint density at radius 1 is 1.22 bits per heavy atom. The number of furan rings is 1. The lowest BCUT2D eigenvalue weighted by Crippen LogP contribution is -2.32. The number of sulfone groups is 1. The Labute approximate surface area is 156 Å². The standard InChI is InChI=1S/C19H17N3O4S/c1-21-15(6-7-20-21)19(23)22-10-14-13-9-12(16-3-2-8-26-16)4-5-17(13)27(24,25)18(14)11-22/h2-9,14,18H,10-11H2,1H3/t14-,18-/m0/s1. The van der Waals surface area contributed by atoms with Crippen LogP contribution in [-0.2, 0) is 16.9 Å². The molecule has 0 saturated carbocycles. The molecule has 7 nitrogen and oxygen atoms in total. The Hall–Kier alpha value is -2.87. The van der Waals surface area contributed by atoms with E-state index in [1.807, 2.05) is 12.1 Å². The number of rotatable bonds is 2. The van der Waals surface area contributed by atoms with Crippen LogP contribution >= 0.6 is 0 Å². The molecule has 2 aliphatic rings. The van der Waals surface area contributed by atoms with Crippen LogP contribution in [0.1, 0.15) is 22.0 Å². The molecule has 138 valence electrons. The van der Waals surface area contributed by atoms with Crippen molar-refractivity contribution in [3.63, 3.8) is 0 Å². The van der Waals surface area contributed by atoms with Crippen LogP contribution in [0.3, 0.4) is 0 Å². The largest absolute Gasteiger partial charge is 0.464 e. The van der Waals surface area contributed by atoms with Gasteiger partial charge >= 0.3 is 0 Å². The highest BCUT2D eigenvalue weighted by atomic mass is 32.2. The molecule has 2 atom stereocenters. The summed E-state index contributed by atoms with van der Waals surface area (Å²) >= 11 is 0. The molecule has 8 heteroatoms. The third kappa shape index (κ3) is 2.29. The zero-order chi connectivity index (χ0) is 18.8. The Balaban J connectivity index is 1.53. The van der Waals surface area contributed by atoms with Crippen molar-refractivity contribution in [2.75, 3.05) is 13.1 Å². The summed E-state index contributed by atoms with van der Waals surface area (Å²) < 4.78 is 33.0. The minimum atomic E-state index is -3.46. The number of aromatic nitrogens is 2. The number of amides is 1. The lowest BCUT2D eigenvalue weighted by molar-refractivity contribution is 0.0780. The molecule has 1 fully saturated rings. The highest BCUT2D eigenvalue weighted by Gasteiger charge is 2.51. The van der Waals surface area contributed by atoms with E-state index in [1.165, 1.54) is 4.68 Å². The lowest BCUT2D eigenvalue weighted by atomic mass is 9.96. The summed E-state index contributed by atoms with van der Waals surface area (Å²) in [7, 11) is -1.76. The van der Waals surface area contributed by atoms with E-state index in [1.54, 1.807) is 48.7 Å². The summed E-state index contributed by atoms with van der Waals surface area (Å²) in [5.41, 5.74) is 2.07. The maximum Gasteiger partial charge on any atom is 0.272 e. The fourth-order valence-corrected chi connectivity index (χ4v) is 6.32. The second kappa shape index (κ2) is 5.56. The maximum atomic E-state index is 13.0. The Kier molecular flexibility index (Phi) is 3.36. The summed E-state index contributed by atoms with van der Waals surface area (Å²) in [6, 6.07) is 10.6. The van der Waals surface area contributed by atoms with Gasteiger partial charge in [0.05, 0.1) is 16.4 Å². The van der Waals surface area contributed by atoms with Crippen LogP contribution in [0.15, 0.2) is 58.2 Å². The first-order valence-electron chi connectivity index (χ1n) is 8.66. The van der Waals surface area contributed by atoms with Gasteiger partial charge in [0.25, 0.3) is 5.91 Å². The minimum absolute atomic E-state index is 0.191. The SMILES string of the molecule is Cn1nccc1C(=O)N1C[C@H]2c3cc(-c4ccco4)ccc3S(=O)(=O)[C@H]2C1. The maximum absolute atomic E-state index is 13.0. The smallest absolute Gasteiger partial charge is 0.272 e. The van der Waals surface area contributed by atoms with Crippen LogP contribution in [0, 0.1) is 0 Å². The van der Waals surface area contributed by atoms with Crippen molar-refractivity contribution in [1.29, 1.82) is 0 Å². The zero-order valence-corrected chi connectivity index (χ0v) is 15.4. The minimum Gasteiger partial charge on any atom is -0.464 e. The second-order valence-corrected chi connectivity index (χ2v) is 9.11. The summed E-state index contributed by atoms with van der Waals surface area (Å²) in [6.07, 6.45) is 3.15. The zero-order valence-electron chi connectivity index (χ0n) is 14.6. The summed E-state index contributed by atoms with van der Waals surface area (Å²) in [4.78, 5) is 14.8. The highest BCUT2D eigenvalue weighted by molar-refractivity contribution is 7.92. The normalized spacial score (nSPS) is 22.6. The molecule has 1 aromatic carbocycles. The van der Waals surface area contributed by atoms with Crippen LogP contribution in [0.4, 0.5) is 0 Å². The van der Waals surface area contributed by atoms with E-state index in [-0.39, 0.29) is 18.4 Å². The van der Waals surface area contributed by atoms with Crippen molar-refractivity contribution in [2.45, 2.75) is 16.1 Å². The van der Waals surface area contributed by atoms with Gasteiger partial charge < -0.3 is 9.32 Å². The van der Waals surface area contributed by atoms with Crippen LogP contribution in [-0.4, -0.2) is 47.3 Å². The number of aryl methyl sites for hydroxylation is 1. The van der Waals surface area contributed by atoms with Gasteiger partial charge in [0.15, 0.2) is 9.84 Å². The molecule has 0 aliphatic carbocycles. The number of fused-ring (bicyclic) bond motifs is 3. The van der Waals surface area contributed by atoms with E-state index >= 15 is 0 Å². The fraction of sp³-hybridized carbons (Fsp3) is 0.263. The first-order valence-corrected chi connectivity index (χ1v) is 10.2. The average Bonchev–Trinajstić information content (AvgIpc) is 3.42. The lowest BCUT2D eigenvalue weighted by Gasteiger charge is -2.18. The molecule has 4 heterocycles. The van der Waals surface area contributed by atoms with Gasteiger partial charge in [-0.05, 0) is 42.0 Å². The highest BCUT2D eigenvalue weighted by Crippen LogP contribution is 2.46. The van der Waals surface area contributed by atoms with E-state index in [0.717, 1.165) is 11.1 Å². The number of carbonyl (C=O) groups excluding carboxylic acids is 1. The number of hydrogen-bond acceptors (Lipinski definition) is 5. The van der Waals surface area contributed by atoms with Gasteiger partial charge in [0.1, 0.15) is 11.5 Å². The van der Waals surface area contributed by atoms with Crippen molar-refractivity contribution < 1.29 is 17.6 Å². The molecule has 2 aromatic heterocycles. The molecule has 2 aliphatic heterocycles. The monoisotopic (exact) mass is 383 g/mol. The van der Waals surface area contributed by atoms with Gasteiger partial charge in [-0.2, -0.15) is 5.10 Å². The molecule has 3 aromatic rings. The molecule has 5 rings (SSSR count). The van der Waals surface area contributed by atoms with Crippen LogP contribution in [0.5, 0.6) is 0 Å². The molecular weight excluding hydrogens is 366 g/mol. The molecule has 0 N–H and O–H groups in total. The number of carbonyl (C=O) groups is 1.